The monoisotopic (exact) mass is 265 g/mol. The summed E-state index contributed by atoms with van der Waals surface area (Å²) >= 11 is 0. The molecule has 0 spiro atoms. The zero-order valence-electron chi connectivity index (χ0n) is 11.0. The Kier molecular flexibility index (Phi) is 4.87. The number of quaternary nitrogens is 1. The molecule has 104 valence electrons. The largest absolute Gasteiger partial charge is 0.387 e. The van der Waals surface area contributed by atoms with Crippen LogP contribution in [0, 0.1) is 10.1 Å². The molecular formula is C14H21N2O3+. The predicted molar refractivity (Wildman–Crippen MR) is 72.2 cm³/mol. The maximum absolute atomic E-state index is 10.9. The summed E-state index contributed by atoms with van der Waals surface area (Å²) in [5.74, 6) is 0. The summed E-state index contributed by atoms with van der Waals surface area (Å²) in [5, 5.41) is 21.0. The maximum atomic E-state index is 10.9. The van der Waals surface area contributed by atoms with E-state index in [4.69, 9.17) is 0 Å². The third-order valence-corrected chi connectivity index (χ3v) is 3.73. The Balaban J connectivity index is 1.94. The van der Waals surface area contributed by atoms with Crippen LogP contribution in [-0.2, 0) is 6.42 Å². The number of nitro benzene ring substituents is 1. The Hall–Kier alpha value is -1.46. The molecule has 0 aromatic heterocycles. The number of aliphatic hydroxyl groups is 1. The van der Waals surface area contributed by atoms with Crippen molar-refractivity contribution >= 4 is 5.69 Å². The second-order valence-corrected chi connectivity index (χ2v) is 5.26. The van der Waals surface area contributed by atoms with Crippen LogP contribution in [0.1, 0.15) is 24.8 Å². The molecule has 2 N–H and O–H groups in total. The number of rotatable bonds is 5. The van der Waals surface area contributed by atoms with Crippen LogP contribution in [0.25, 0.3) is 0 Å². The van der Waals surface area contributed by atoms with Crippen molar-refractivity contribution in [1.82, 2.24) is 0 Å². The highest BCUT2D eigenvalue weighted by Gasteiger charge is 2.21. The van der Waals surface area contributed by atoms with Crippen LogP contribution in [0.2, 0.25) is 0 Å². The first-order valence-electron chi connectivity index (χ1n) is 6.91. The van der Waals surface area contributed by atoms with Crippen molar-refractivity contribution in [3.63, 3.8) is 0 Å². The van der Waals surface area contributed by atoms with E-state index in [1.54, 1.807) is 18.2 Å². The minimum atomic E-state index is -0.505. The maximum Gasteiger partial charge on any atom is 0.272 e. The van der Waals surface area contributed by atoms with Crippen molar-refractivity contribution in [3.8, 4) is 0 Å². The van der Waals surface area contributed by atoms with Gasteiger partial charge in [-0.1, -0.05) is 18.2 Å². The SMILES string of the molecule is O=[N+]([O-])c1ccccc1CC(O)C[NH+]1CCCCC1. The third kappa shape index (κ3) is 4.01. The van der Waals surface area contributed by atoms with Crippen LogP contribution in [0.3, 0.4) is 0 Å². The molecule has 1 atom stereocenters. The van der Waals surface area contributed by atoms with Crippen LogP contribution in [0.4, 0.5) is 5.69 Å². The Labute approximate surface area is 113 Å². The number of piperidine rings is 1. The second-order valence-electron chi connectivity index (χ2n) is 5.26. The Morgan fingerprint density at radius 2 is 1.95 bits per heavy atom. The molecule has 1 heterocycles. The molecule has 1 aromatic carbocycles. The van der Waals surface area contributed by atoms with E-state index in [1.807, 2.05) is 0 Å². The molecule has 1 unspecified atom stereocenters. The van der Waals surface area contributed by atoms with Gasteiger partial charge in [-0.05, 0) is 19.3 Å². The van der Waals surface area contributed by atoms with Gasteiger partial charge in [0.1, 0.15) is 12.6 Å². The van der Waals surface area contributed by atoms with Crippen LogP contribution in [0.5, 0.6) is 0 Å². The summed E-state index contributed by atoms with van der Waals surface area (Å²) in [6.45, 7) is 2.90. The van der Waals surface area contributed by atoms with Crippen LogP contribution in [-0.4, -0.2) is 35.8 Å². The molecule has 0 bridgehead atoms. The number of benzene rings is 1. The summed E-state index contributed by atoms with van der Waals surface area (Å²) in [7, 11) is 0. The highest BCUT2D eigenvalue weighted by Crippen LogP contribution is 2.18. The Morgan fingerprint density at radius 1 is 1.26 bits per heavy atom. The lowest BCUT2D eigenvalue weighted by Gasteiger charge is -2.25. The zero-order chi connectivity index (χ0) is 13.7. The summed E-state index contributed by atoms with van der Waals surface area (Å²) in [4.78, 5) is 11.9. The van der Waals surface area contributed by atoms with E-state index in [0.717, 1.165) is 13.1 Å². The molecule has 1 aliphatic rings. The smallest absolute Gasteiger partial charge is 0.272 e. The van der Waals surface area contributed by atoms with Gasteiger partial charge in [-0.15, -0.1) is 0 Å². The van der Waals surface area contributed by atoms with Crippen LogP contribution < -0.4 is 4.90 Å². The molecule has 0 radical (unpaired) electrons. The van der Waals surface area contributed by atoms with Gasteiger partial charge in [-0.2, -0.15) is 0 Å². The van der Waals surface area contributed by atoms with Crippen molar-refractivity contribution in [2.24, 2.45) is 0 Å². The van der Waals surface area contributed by atoms with Gasteiger partial charge >= 0.3 is 0 Å². The molecule has 5 nitrogen and oxygen atoms in total. The van der Waals surface area contributed by atoms with E-state index >= 15 is 0 Å². The standard InChI is InChI=1S/C14H20N2O3/c17-13(11-15-8-4-1-5-9-15)10-12-6-2-3-7-14(12)16(18)19/h2-3,6-7,13,17H,1,4-5,8-11H2/p+1. The number of likely N-dealkylation sites (tertiary alicyclic amines) is 1. The normalized spacial score (nSPS) is 18.2. The van der Waals surface area contributed by atoms with Gasteiger partial charge in [0, 0.05) is 18.1 Å². The minimum Gasteiger partial charge on any atom is -0.387 e. The number of para-hydroxylation sites is 1. The Morgan fingerprint density at radius 3 is 2.63 bits per heavy atom. The quantitative estimate of drug-likeness (QED) is 0.604. The lowest BCUT2D eigenvalue weighted by atomic mass is 10.0. The van der Waals surface area contributed by atoms with E-state index < -0.39 is 6.10 Å². The van der Waals surface area contributed by atoms with Crippen LogP contribution in [0.15, 0.2) is 24.3 Å². The summed E-state index contributed by atoms with van der Waals surface area (Å²) < 4.78 is 0. The molecule has 1 saturated heterocycles. The topological polar surface area (TPSA) is 67.8 Å². The number of nitro groups is 1. The lowest BCUT2D eigenvalue weighted by molar-refractivity contribution is -0.907. The molecule has 5 heteroatoms. The van der Waals surface area contributed by atoms with E-state index in [2.05, 4.69) is 0 Å². The average Bonchev–Trinajstić information content (AvgIpc) is 2.40. The number of nitrogens with zero attached hydrogens (tertiary/aromatic N) is 1. The van der Waals surface area contributed by atoms with Crippen molar-refractivity contribution < 1.29 is 14.9 Å². The zero-order valence-corrected chi connectivity index (χ0v) is 11.0. The van der Waals surface area contributed by atoms with E-state index in [-0.39, 0.29) is 10.6 Å². The lowest BCUT2D eigenvalue weighted by Crippen LogP contribution is -3.13. The van der Waals surface area contributed by atoms with Crippen molar-refractivity contribution in [1.29, 1.82) is 0 Å². The molecular weight excluding hydrogens is 244 g/mol. The first-order chi connectivity index (χ1) is 9.16. The van der Waals surface area contributed by atoms with Gasteiger partial charge in [0.25, 0.3) is 5.69 Å². The fourth-order valence-corrected chi connectivity index (χ4v) is 2.78. The first kappa shape index (κ1) is 14.0. The van der Waals surface area contributed by atoms with Gasteiger partial charge in [-0.3, -0.25) is 10.1 Å². The second kappa shape index (κ2) is 6.63. The predicted octanol–water partition coefficient (Wildman–Crippen LogP) is 0.567. The highest BCUT2D eigenvalue weighted by molar-refractivity contribution is 5.40. The molecule has 19 heavy (non-hydrogen) atoms. The summed E-state index contributed by atoms with van der Waals surface area (Å²) in [6, 6.07) is 6.66. The molecule has 1 fully saturated rings. The number of aliphatic hydroxyl groups excluding tert-OH is 1. The molecule has 0 saturated carbocycles. The van der Waals surface area contributed by atoms with Crippen molar-refractivity contribution in [2.45, 2.75) is 31.8 Å². The third-order valence-electron chi connectivity index (χ3n) is 3.73. The van der Waals surface area contributed by atoms with E-state index in [9.17, 15) is 15.2 Å². The van der Waals surface area contributed by atoms with Gasteiger partial charge < -0.3 is 10.0 Å². The van der Waals surface area contributed by atoms with Crippen molar-refractivity contribution in [3.05, 3.63) is 39.9 Å². The summed E-state index contributed by atoms with van der Waals surface area (Å²) in [5.41, 5.74) is 0.728. The number of hydrogen-bond acceptors (Lipinski definition) is 3. The number of hydrogen-bond donors (Lipinski definition) is 2. The minimum absolute atomic E-state index is 0.107. The fraction of sp³-hybridized carbons (Fsp3) is 0.571. The van der Waals surface area contributed by atoms with Gasteiger partial charge in [0.05, 0.1) is 18.0 Å². The molecule has 1 aromatic rings. The van der Waals surface area contributed by atoms with Gasteiger partial charge in [-0.25, -0.2) is 0 Å². The van der Waals surface area contributed by atoms with Gasteiger partial charge in [0.2, 0.25) is 0 Å². The van der Waals surface area contributed by atoms with Crippen LogP contribution >= 0.6 is 0 Å². The summed E-state index contributed by atoms with van der Waals surface area (Å²) in [6.07, 6.45) is 3.57. The number of nitrogens with one attached hydrogen (secondary N) is 1. The highest BCUT2D eigenvalue weighted by atomic mass is 16.6. The average molecular weight is 265 g/mol. The molecule has 2 rings (SSSR count). The first-order valence-corrected chi connectivity index (χ1v) is 6.91. The van der Waals surface area contributed by atoms with E-state index in [1.165, 1.54) is 30.2 Å². The Bertz CT molecular complexity index is 430. The fourth-order valence-electron chi connectivity index (χ4n) is 2.78. The molecule has 0 amide bonds. The molecule has 0 aliphatic carbocycles. The van der Waals surface area contributed by atoms with Gasteiger partial charge in [0.15, 0.2) is 0 Å². The molecule has 1 aliphatic heterocycles. The van der Waals surface area contributed by atoms with Crippen molar-refractivity contribution in [2.75, 3.05) is 19.6 Å². The van der Waals surface area contributed by atoms with E-state index in [0.29, 0.717) is 18.5 Å².